The first-order valence-electron chi connectivity index (χ1n) is 11.0. The fourth-order valence-electron chi connectivity index (χ4n) is 5.12. The van der Waals surface area contributed by atoms with Crippen LogP contribution in [0.1, 0.15) is 57.4 Å². The van der Waals surface area contributed by atoms with Crippen molar-refractivity contribution < 1.29 is 9.53 Å². The molecule has 1 aromatic rings. The molecule has 0 aromatic heterocycles. The monoisotopic (exact) mass is 385 g/mol. The lowest BCUT2D eigenvalue weighted by Gasteiger charge is -2.43. The number of amides is 1. The molecule has 1 amide bonds. The highest BCUT2D eigenvalue weighted by atomic mass is 16.5. The van der Waals surface area contributed by atoms with Gasteiger partial charge in [-0.3, -0.25) is 9.69 Å². The van der Waals surface area contributed by atoms with Crippen molar-refractivity contribution in [2.45, 2.75) is 76.1 Å². The summed E-state index contributed by atoms with van der Waals surface area (Å²) in [5, 5.41) is 3.58. The molecule has 0 radical (unpaired) electrons. The van der Waals surface area contributed by atoms with Crippen LogP contribution in [0, 0.1) is 0 Å². The zero-order valence-corrected chi connectivity index (χ0v) is 17.5. The molecule has 1 saturated heterocycles. The summed E-state index contributed by atoms with van der Waals surface area (Å²) in [6.45, 7) is 5.65. The van der Waals surface area contributed by atoms with Crippen molar-refractivity contribution in [2.24, 2.45) is 0 Å². The van der Waals surface area contributed by atoms with Gasteiger partial charge in [-0.05, 0) is 58.1 Å². The number of hydrogen-bond donors (Lipinski definition) is 1. The molecule has 28 heavy (non-hydrogen) atoms. The molecule has 2 heterocycles. The molecule has 5 nitrogen and oxygen atoms in total. The van der Waals surface area contributed by atoms with E-state index < -0.39 is 0 Å². The average molecular weight is 386 g/mol. The van der Waals surface area contributed by atoms with Gasteiger partial charge in [0.2, 0.25) is 5.91 Å². The Morgan fingerprint density at radius 3 is 2.82 bits per heavy atom. The van der Waals surface area contributed by atoms with Gasteiger partial charge in [-0.25, -0.2) is 0 Å². The average Bonchev–Trinajstić information content (AvgIpc) is 2.88. The first-order valence-corrected chi connectivity index (χ1v) is 11.0. The summed E-state index contributed by atoms with van der Waals surface area (Å²) in [6, 6.07) is 9.22. The summed E-state index contributed by atoms with van der Waals surface area (Å²) >= 11 is 0. The minimum absolute atomic E-state index is 0.131. The number of likely N-dealkylation sites (tertiary alicyclic amines) is 1. The lowest BCUT2D eigenvalue weighted by molar-refractivity contribution is -0.135. The van der Waals surface area contributed by atoms with Crippen molar-refractivity contribution in [2.75, 3.05) is 26.7 Å². The molecule has 3 aliphatic rings. The molecule has 1 atom stereocenters. The van der Waals surface area contributed by atoms with Crippen molar-refractivity contribution in [3.63, 3.8) is 0 Å². The van der Waals surface area contributed by atoms with Gasteiger partial charge in [-0.1, -0.05) is 24.6 Å². The van der Waals surface area contributed by atoms with Crippen LogP contribution in [0.5, 0.6) is 5.75 Å². The van der Waals surface area contributed by atoms with E-state index in [1.54, 1.807) is 0 Å². The molecular weight excluding hydrogens is 350 g/mol. The number of rotatable bonds is 3. The van der Waals surface area contributed by atoms with Crippen LogP contribution in [0.2, 0.25) is 0 Å². The van der Waals surface area contributed by atoms with E-state index in [1.807, 2.05) is 11.9 Å². The van der Waals surface area contributed by atoms with Gasteiger partial charge in [-0.15, -0.1) is 0 Å². The molecular formula is C23H35N3O2. The molecule has 0 bridgehead atoms. The highest BCUT2D eigenvalue weighted by molar-refractivity contribution is 5.78. The highest BCUT2D eigenvalue weighted by Gasteiger charge is 2.40. The number of carbonyl (C=O) groups is 1. The lowest BCUT2D eigenvalue weighted by Crippen LogP contribution is -2.52. The standard InChI is InChI=1S/C23H35N3O2/c1-18-7-5-6-14-26(18)16-22(27)25(2)20-10-12-23(13-11-20)17-24-15-19-8-3-4-9-21(19)28-23/h3-4,8-9,18,20,24H,5-7,10-17H2,1-2H3/t18-,20?,23?/m1/s1. The number of nitrogens with one attached hydrogen (secondary N) is 1. The van der Waals surface area contributed by atoms with E-state index in [-0.39, 0.29) is 11.5 Å². The van der Waals surface area contributed by atoms with Crippen LogP contribution < -0.4 is 10.1 Å². The minimum Gasteiger partial charge on any atom is -0.486 e. The predicted octanol–water partition coefficient (Wildman–Crippen LogP) is 3.18. The largest absolute Gasteiger partial charge is 0.486 e. The van der Waals surface area contributed by atoms with E-state index in [4.69, 9.17) is 4.74 Å². The Labute approximate surface area is 169 Å². The Morgan fingerprint density at radius 1 is 1.25 bits per heavy atom. The third-order valence-electron chi connectivity index (χ3n) is 7.15. The minimum atomic E-state index is -0.131. The molecule has 1 saturated carbocycles. The molecule has 1 aromatic carbocycles. The van der Waals surface area contributed by atoms with Gasteiger partial charge < -0.3 is 15.0 Å². The summed E-state index contributed by atoms with van der Waals surface area (Å²) < 4.78 is 6.54. The Balaban J connectivity index is 1.34. The topological polar surface area (TPSA) is 44.8 Å². The van der Waals surface area contributed by atoms with Crippen molar-refractivity contribution in [1.82, 2.24) is 15.1 Å². The van der Waals surface area contributed by atoms with E-state index in [0.717, 1.165) is 51.1 Å². The maximum absolute atomic E-state index is 12.9. The molecule has 154 valence electrons. The number of fused-ring (bicyclic) bond motifs is 1. The first-order chi connectivity index (χ1) is 13.6. The van der Waals surface area contributed by atoms with Gasteiger partial charge in [0.1, 0.15) is 11.4 Å². The number of benzene rings is 1. The fourth-order valence-corrected chi connectivity index (χ4v) is 5.12. The summed E-state index contributed by atoms with van der Waals surface area (Å²) in [7, 11) is 2.00. The van der Waals surface area contributed by atoms with Crippen molar-refractivity contribution in [1.29, 1.82) is 0 Å². The number of ether oxygens (including phenoxy) is 1. The SMILES string of the molecule is C[C@@H]1CCCCN1CC(=O)N(C)C1CCC2(CC1)CNCc1ccccc1O2. The second-order valence-corrected chi connectivity index (χ2v) is 9.05. The Morgan fingerprint density at radius 2 is 2.04 bits per heavy atom. The van der Waals surface area contributed by atoms with Gasteiger partial charge >= 0.3 is 0 Å². The fraction of sp³-hybridized carbons (Fsp3) is 0.696. The van der Waals surface area contributed by atoms with Crippen LogP contribution in [-0.4, -0.2) is 60.1 Å². The Kier molecular flexibility index (Phi) is 5.93. The van der Waals surface area contributed by atoms with Gasteiger partial charge in [0.05, 0.1) is 6.54 Å². The van der Waals surface area contributed by atoms with E-state index in [2.05, 4.69) is 41.4 Å². The summed E-state index contributed by atoms with van der Waals surface area (Å²) in [5.74, 6) is 1.30. The van der Waals surface area contributed by atoms with Crippen molar-refractivity contribution in [3.05, 3.63) is 29.8 Å². The number of piperidine rings is 1. The zero-order valence-electron chi connectivity index (χ0n) is 17.5. The lowest BCUT2D eigenvalue weighted by atomic mass is 9.81. The van der Waals surface area contributed by atoms with Gasteiger partial charge in [-0.2, -0.15) is 0 Å². The summed E-state index contributed by atoms with van der Waals surface area (Å²) in [6.07, 6.45) is 7.76. The van der Waals surface area contributed by atoms with Gasteiger partial charge in [0.25, 0.3) is 0 Å². The van der Waals surface area contributed by atoms with Crippen LogP contribution in [0.15, 0.2) is 24.3 Å². The third kappa shape index (κ3) is 4.20. The molecule has 2 fully saturated rings. The smallest absolute Gasteiger partial charge is 0.236 e. The Bertz CT molecular complexity index is 684. The maximum Gasteiger partial charge on any atom is 0.236 e. The van der Waals surface area contributed by atoms with Crippen molar-refractivity contribution >= 4 is 5.91 Å². The van der Waals surface area contributed by atoms with Gasteiger partial charge in [0.15, 0.2) is 0 Å². The van der Waals surface area contributed by atoms with E-state index in [0.29, 0.717) is 18.6 Å². The molecule has 5 heteroatoms. The number of hydrogen-bond acceptors (Lipinski definition) is 4. The molecule has 4 rings (SSSR count). The van der Waals surface area contributed by atoms with E-state index in [9.17, 15) is 4.79 Å². The molecule has 1 spiro atoms. The second-order valence-electron chi connectivity index (χ2n) is 9.05. The molecule has 1 N–H and O–H groups in total. The predicted molar refractivity (Wildman–Crippen MR) is 111 cm³/mol. The van der Waals surface area contributed by atoms with Crippen LogP contribution >= 0.6 is 0 Å². The zero-order chi connectivity index (χ0) is 19.6. The first kappa shape index (κ1) is 19.7. The molecule has 2 aliphatic heterocycles. The quantitative estimate of drug-likeness (QED) is 0.868. The Hall–Kier alpha value is -1.59. The highest BCUT2D eigenvalue weighted by Crippen LogP contribution is 2.37. The van der Waals surface area contributed by atoms with E-state index in [1.165, 1.54) is 24.8 Å². The number of nitrogens with zero attached hydrogens (tertiary/aromatic N) is 2. The van der Waals surface area contributed by atoms with Crippen LogP contribution in [0.4, 0.5) is 0 Å². The van der Waals surface area contributed by atoms with Crippen molar-refractivity contribution in [3.8, 4) is 5.75 Å². The summed E-state index contributed by atoms with van der Waals surface area (Å²) in [5.41, 5.74) is 1.11. The summed E-state index contributed by atoms with van der Waals surface area (Å²) in [4.78, 5) is 17.3. The van der Waals surface area contributed by atoms with Crippen LogP contribution in [0.3, 0.4) is 0 Å². The second kappa shape index (κ2) is 8.42. The van der Waals surface area contributed by atoms with Crippen LogP contribution in [0.25, 0.3) is 0 Å². The van der Waals surface area contributed by atoms with Crippen LogP contribution in [-0.2, 0) is 11.3 Å². The normalized spacial score (nSPS) is 30.9. The number of carbonyl (C=O) groups excluding carboxylic acids is 1. The van der Waals surface area contributed by atoms with E-state index >= 15 is 0 Å². The maximum atomic E-state index is 12.9. The number of likely N-dealkylation sites (N-methyl/N-ethyl adjacent to an activating group) is 1. The molecule has 0 unspecified atom stereocenters. The molecule has 1 aliphatic carbocycles. The van der Waals surface area contributed by atoms with Gasteiger partial charge in [0, 0.05) is 37.8 Å². The third-order valence-corrected chi connectivity index (χ3v) is 7.15. The number of para-hydroxylation sites is 1.